The number of hydrogen-bond acceptors (Lipinski definition) is 3. The average molecular weight is 290 g/mol. The SMILES string of the molecule is COc1cc(CNCC(C)C)ccc1N1CCCCCC1. The molecule has 118 valence electrons. The van der Waals surface area contributed by atoms with Gasteiger partial charge >= 0.3 is 0 Å². The Morgan fingerprint density at radius 1 is 1.14 bits per heavy atom. The van der Waals surface area contributed by atoms with Crippen molar-refractivity contribution in [3.8, 4) is 5.75 Å². The average Bonchev–Trinajstić information content (AvgIpc) is 2.75. The molecule has 0 radical (unpaired) electrons. The first-order valence-corrected chi connectivity index (χ1v) is 8.33. The summed E-state index contributed by atoms with van der Waals surface area (Å²) in [6, 6.07) is 6.65. The predicted octanol–water partition coefficient (Wildman–Crippen LogP) is 3.82. The third kappa shape index (κ3) is 4.92. The lowest BCUT2D eigenvalue weighted by Gasteiger charge is -2.25. The van der Waals surface area contributed by atoms with Gasteiger partial charge in [0.15, 0.2) is 0 Å². The van der Waals surface area contributed by atoms with E-state index in [9.17, 15) is 0 Å². The van der Waals surface area contributed by atoms with Crippen LogP contribution in [0.3, 0.4) is 0 Å². The Balaban J connectivity index is 2.04. The Morgan fingerprint density at radius 3 is 2.48 bits per heavy atom. The molecule has 1 aliphatic heterocycles. The summed E-state index contributed by atoms with van der Waals surface area (Å²) >= 11 is 0. The molecule has 0 aromatic heterocycles. The fraction of sp³-hybridized carbons (Fsp3) is 0.667. The van der Waals surface area contributed by atoms with E-state index in [1.807, 2.05) is 0 Å². The number of anilines is 1. The largest absolute Gasteiger partial charge is 0.495 e. The zero-order valence-corrected chi connectivity index (χ0v) is 13.8. The zero-order valence-electron chi connectivity index (χ0n) is 13.8. The Bertz CT molecular complexity index is 423. The van der Waals surface area contributed by atoms with Gasteiger partial charge in [-0.1, -0.05) is 32.8 Å². The molecule has 0 unspecified atom stereocenters. The van der Waals surface area contributed by atoms with E-state index in [1.54, 1.807) is 7.11 Å². The van der Waals surface area contributed by atoms with Crippen LogP contribution in [0.5, 0.6) is 5.75 Å². The van der Waals surface area contributed by atoms with E-state index >= 15 is 0 Å². The van der Waals surface area contributed by atoms with Crippen molar-refractivity contribution in [1.29, 1.82) is 0 Å². The molecule has 3 nitrogen and oxygen atoms in total. The molecule has 1 fully saturated rings. The molecule has 1 aromatic rings. The number of ether oxygens (including phenoxy) is 1. The predicted molar refractivity (Wildman–Crippen MR) is 90.2 cm³/mol. The maximum Gasteiger partial charge on any atom is 0.142 e. The van der Waals surface area contributed by atoms with E-state index in [4.69, 9.17) is 4.74 Å². The van der Waals surface area contributed by atoms with Crippen molar-refractivity contribution < 1.29 is 4.74 Å². The molecular formula is C18H30N2O. The minimum absolute atomic E-state index is 0.684. The van der Waals surface area contributed by atoms with Gasteiger partial charge in [-0.3, -0.25) is 0 Å². The van der Waals surface area contributed by atoms with Crippen LogP contribution in [0.25, 0.3) is 0 Å². The van der Waals surface area contributed by atoms with Gasteiger partial charge in [0.05, 0.1) is 12.8 Å². The monoisotopic (exact) mass is 290 g/mol. The topological polar surface area (TPSA) is 24.5 Å². The number of methoxy groups -OCH3 is 1. The molecule has 0 bridgehead atoms. The van der Waals surface area contributed by atoms with Gasteiger partial charge in [0, 0.05) is 19.6 Å². The summed E-state index contributed by atoms with van der Waals surface area (Å²) in [7, 11) is 1.78. The van der Waals surface area contributed by atoms with Crippen LogP contribution in [0.4, 0.5) is 5.69 Å². The van der Waals surface area contributed by atoms with Crippen molar-refractivity contribution in [3.05, 3.63) is 23.8 Å². The van der Waals surface area contributed by atoms with Crippen molar-refractivity contribution >= 4 is 5.69 Å². The Kier molecular flexibility index (Phi) is 6.37. The smallest absolute Gasteiger partial charge is 0.142 e. The van der Waals surface area contributed by atoms with Crippen LogP contribution >= 0.6 is 0 Å². The Labute approximate surface area is 129 Å². The van der Waals surface area contributed by atoms with Crippen molar-refractivity contribution in [3.63, 3.8) is 0 Å². The summed E-state index contributed by atoms with van der Waals surface area (Å²) in [4.78, 5) is 2.48. The first-order chi connectivity index (χ1) is 10.2. The third-order valence-corrected chi connectivity index (χ3v) is 4.07. The summed E-state index contributed by atoms with van der Waals surface area (Å²) in [6.45, 7) is 8.74. The van der Waals surface area contributed by atoms with Gasteiger partial charge in [-0.25, -0.2) is 0 Å². The van der Waals surface area contributed by atoms with Crippen LogP contribution in [0.2, 0.25) is 0 Å². The zero-order chi connectivity index (χ0) is 15.1. The molecule has 3 heteroatoms. The van der Waals surface area contributed by atoms with Gasteiger partial charge in [0.2, 0.25) is 0 Å². The first kappa shape index (κ1) is 16.2. The fourth-order valence-corrected chi connectivity index (χ4v) is 2.91. The van der Waals surface area contributed by atoms with E-state index in [2.05, 4.69) is 42.3 Å². The quantitative estimate of drug-likeness (QED) is 0.862. The maximum atomic E-state index is 5.64. The highest BCUT2D eigenvalue weighted by atomic mass is 16.5. The van der Waals surface area contributed by atoms with Gasteiger partial charge in [-0.05, 0) is 43.0 Å². The summed E-state index contributed by atoms with van der Waals surface area (Å²) < 4.78 is 5.64. The molecule has 21 heavy (non-hydrogen) atoms. The van der Waals surface area contributed by atoms with Crippen molar-refractivity contribution in [1.82, 2.24) is 5.32 Å². The fourth-order valence-electron chi connectivity index (χ4n) is 2.91. The lowest BCUT2D eigenvalue weighted by molar-refractivity contribution is 0.413. The van der Waals surface area contributed by atoms with Gasteiger partial charge in [-0.15, -0.1) is 0 Å². The first-order valence-electron chi connectivity index (χ1n) is 8.33. The second-order valence-electron chi connectivity index (χ2n) is 6.43. The number of rotatable bonds is 6. The molecule has 0 spiro atoms. The summed E-state index contributed by atoms with van der Waals surface area (Å²) in [5, 5.41) is 3.49. The normalized spacial score (nSPS) is 16.1. The summed E-state index contributed by atoms with van der Waals surface area (Å²) in [5.74, 6) is 1.70. The lowest BCUT2D eigenvalue weighted by Crippen LogP contribution is -2.24. The third-order valence-electron chi connectivity index (χ3n) is 4.07. The minimum Gasteiger partial charge on any atom is -0.495 e. The molecule has 0 saturated carbocycles. The molecule has 1 saturated heterocycles. The van der Waals surface area contributed by atoms with Crippen molar-refractivity contribution in [2.45, 2.75) is 46.1 Å². The maximum absolute atomic E-state index is 5.64. The summed E-state index contributed by atoms with van der Waals surface area (Å²) in [6.07, 6.45) is 5.30. The highest BCUT2D eigenvalue weighted by Gasteiger charge is 2.14. The van der Waals surface area contributed by atoms with Gasteiger partial charge in [0.1, 0.15) is 5.75 Å². The second-order valence-corrected chi connectivity index (χ2v) is 6.43. The van der Waals surface area contributed by atoms with Crippen LogP contribution in [-0.4, -0.2) is 26.7 Å². The lowest BCUT2D eigenvalue weighted by atomic mass is 10.1. The van der Waals surface area contributed by atoms with E-state index in [0.717, 1.165) is 31.9 Å². The van der Waals surface area contributed by atoms with E-state index < -0.39 is 0 Å². The van der Waals surface area contributed by atoms with Crippen LogP contribution < -0.4 is 15.0 Å². The van der Waals surface area contributed by atoms with E-state index in [-0.39, 0.29) is 0 Å². The molecule has 1 aromatic carbocycles. The molecule has 1 N–H and O–H groups in total. The van der Waals surface area contributed by atoms with Crippen molar-refractivity contribution in [2.24, 2.45) is 5.92 Å². The van der Waals surface area contributed by atoms with Gasteiger partial charge < -0.3 is 15.0 Å². The van der Waals surface area contributed by atoms with Crippen molar-refractivity contribution in [2.75, 3.05) is 31.6 Å². The van der Waals surface area contributed by atoms with Crippen LogP contribution in [0.1, 0.15) is 45.1 Å². The molecule has 1 heterocycles. The molecule has 2 rings (SSSR count). The Hall–Kier alpha value is -1.22. The Morgan fingerprint density at radius 2 is 1.86 bits per heavy atom. The van der Waals surface area contributed by atoms with E-state index in [0.29, 0.717) is 5.92 Å². The molecule has 0 atom stereocenters. The second kappa shape index (κ2) is 8.28. The number of benzene rings is 1. The standard InChI is InChI=1S/C18H30N2O/c1-15(2)13-19-14-16-8-9-17(18(12-16)21-3)20-10-6-4-5-7-11-20/h8-9,12,15,19H,4-7,10-11,13-14H2,1-3H3. The number of nitrogens with zero attached hydrogens (tertiary/aromatic N) is 1. The highest BCUT2D eigenvalue weighted by molar-refractivity contribution is 5.60. The van der Waals surface area contributed by atoms with Crippen LogP contribution in [0.15, 0.2) is 18.2 Å². The van der Waals surface area contributed by atoms with Crippen LogP contribution in [-0.2, 0) is 6.54 Å². The molecular weight excluding hydrogens is 260 g/mol. The highest BCUT2D eigenvalue weighted by Crippen LogP contribution is 2.31. The number of hydrogen-bond donors (Lipinski definition) is 1. The van der Waals surface area contributed by atoms with Crippen LogP contribution in [0, 0.1) is 5.92 Å². The molecule has 0 amide bonds. The minimum atomic E-state index is 0.684. The summed E-state index contributed by atoms with van der Waals surface area (Å²) in [5.41, 5.74) is 2.55. The molecule has 1 aliphatic rings. The van der Waals surface area contributed by atoms with Gasteiger partial charge in [0.25, 0.3) is 0 Å². The number of nitrogens with one attached hydrogen (secondary N) is 1. The van der Waals surface area contributed by atoms with Gasteiger partial charge in [-0.2, -0.15) is 0 Å². The van der Waals surface area contributed by atoms with E-state index in [1.165, 1.54) is 36.9 Å². The molecule has 0 aliphatic carbocycles.